The molecule has 0 aliphatic heterocycles. The van der Waals surface area contributed by atoms with E-state index in [1.54, 1.807) is 0 Å². The largest absolute Gasteiger partial charge is 0.416 e. The van der Waals surface area contributed by atoms with Crippen molar-refractivity contribution in [3.8, 4) is 11.1 Å². The molecule has 0 aliphatic carbocycles. The summed E-state index contributed by atoms with van der Waals surface area (Å²) in [5.74, 6) is -0.862. The lowest BCUT2D eigenvalue weighted by atomic mass is 10.0. The Kier molecular flexibility index (Phi) is 3.44. The van der Waals surface area contributed by atoms with Crippen molar-refractivity contribution in [1.29, 1.82) is 0 Å². The van der Waals surface area contributed by atoms with Gasteiger partial charge < -0.3 is 0 Å². The number of nitro groups is 1. The molecule has 0 atom stereocenters. The van der Waals surface area contributed by atoms with Crippen molar-refractivity contribution < 1.29 is 22.5 Å². The molecule has 0 amide bonds. The Balaban J connectivity index is 2.40. The molecular weight excluding hydrogens is 278 g/mol. The summed E-state index contributed by atoms with van der Waals surface area (Å²) in [6.07, 6.45) is -4.47. The molecule has 104 valence electrons. The Hall–Kier alpha value is -2.44. The normalized spacial score (nSPS) is 11.4. The van der Waals surface area contributed by atoms with E-state index < -0.39 is 28.2 Å². The van der Waals surface area contributed by atoms with Gasteiger partial charge in [0, 0.05) is 11.6 Å². The topological polar surface area (TPSA) is 43.1 Å². The SMILES string of the molecule is O=[N+]([O-])c1ccc(-c2ccc(C(F)(F)F)cc2)c(F)c1. The third-order valence-electron chi connectivity index (χ3n) is 2.69. The highest BCUT2D eigenvalue weighted by Crippen LogP contribution is 2.32. The first-order valence-corrected chi connectivity index (χ1v) is 5.40. The van der Waals surface area contributed by atoms with Crippen molar-refractivity contribution in [2.45, 2.75) is 6.18 Å². The fraction of sp³-hybridized carbons (Fsp3) is 0.0769. The Morgan fingerprint density at radius 3 is 2.05 bits per heavy atom. The number of alkyl halides is 3. The molecule has 0 unspecified atom stereocenters. The van der Waals surface area contributed by atoms with Crippen molar-refractivity contribution in [3.05, 3.63) is 64.0 Å². The van der Waals surface area contributed by atoms with Gasteiger partial charge in [0.1, 0.15) is 5.82 Å². The van der Waals surface area contributed by atoms with Gasteiger partial charge in [-0.05, 0) is 23.8 Å². The minimum atomic E-state index is -4.47. The fourth-order valence-electron chi connectivity index (χ4n) is 1.69. The molecule has 0 fully saturated rings. The first kappa shape index (κ1) is 14.0. The molecule has 0 bridgehead atoms. The van der Waals surface area contributed by atoms with Crippen LogP contribution in [0.15, 0.2) is 42.5 Å². The number of non-ortho nitro benzene ring substituents is 1. The molecule has 0 spiro atoms. The third kappa shape index (κ3) is 2.76. The molecular formula is C13H7F4NO2. The lowest BCUT2D eigenvalue weighted by Gasteiger charge is -2.08. The van der Waals surface area contributed by atoms with Gasteiger partial charge in [-0.15, -0.1) is 0 Å². The molecule has 0 heterocycles. The molecule has 2 aromatic carbocycles. The summed E-state index contributed by atoms with van der Waals surface area (Å²) in [5, 5.41) is 10.5. The van der Waals surface area contributed by atoms with E-state index in [0.29, 0.717) is 0 Å². The van der Waals surface area contributed by atoms with Crippen LogP contribution in [0.25, 0.3) is 11.1 Å². The zero-order chi connectivity index (χ0) is 14.9. The third-order valence-corrected chi connectivity index (χ3v) is 2.69. The van der Waals surface area contributed by atoms with Gasteiger partial charge in [0.15, 0.2) is 0 Å². The van der Waals surface area contributed by atoms with Crippen molar-refractivity contribution in [2.75, 3.05) is 0 Å². The molecule has 2 rings (SSSR count). The van der Waals surface area contributed by atoms with Crippen LogP contribution in [0.2, 0.25) is 0 Å². The second-order valence-corrected chi connectivity index (χ2v) is 4.00. The maximum atomic E-state index is 13.7. The minimum absolute atomic E-state index is 0.00400. The number of nitrogens with zero attached hydrogens (tertiary/aromatic N) is 1. The second kappa shape index (κ2) is 4.92. The highest BCUT2D eigenvalue weighted by atomic mass is 19.4. The van der Waals surface area contributed by atoms with E-state index in [-0.39, 0.29) is 11.1 Å². The zero-order valence-electron chi connectivity index (χ0n) is 9.82. The summed E-state index contributed by atoms with van der Waals surface area (Å²) >= 11 is 0. The molecule has 0 aliphatic rings. The number of halogens is 4. The van der Waals surface area contributed by atoms with Crippen molar-refractivity contribution in [3.63, 3.8) is 0 Å². The average Bonchev–Trinajstić information content (AvgIpc) is 2.37. The second-order valence-electron chi connectivity index (χ2n) is 4.00. The van der Waals surface area contributed by atoms with Gasteiger partial charge in [-0.3, -0.25) is 10.1 Å². The maximum absolute atomic E-state index is 13.7. The number of hydrogen-bond acceptors (Lipinski definition) is 2. The molecule has 7 heteroatoms. The quantitative estimate of drug-likeness (QED) is 0.465. The van der Waals surface area contributed by atoms with Crippen LogP contribution in [-0.2, 0) is 6.18 Å². The van der Waals surface area contributed by atoms with Crippen LogP contribution < -0.4 is 0 Å². The van der Waals surface area contributed by atoms with Crippen molar-refractivity contribution in [1.82, 2.24) is 0 Å². The van der Waals surface area contributed by atoms with Gasteiger partial charge in [0.05, 0.1) is 16.6 Å². The van der Waals surface area contributed by atoms with Crippen LogP contribution in [0, 0.1) is 15.9 Å². The van der Waals surface area contributed by atoms with E-state index in [4.69, 9.17) is 0 Å². The summed E-state index contributed by atoms with van der Waals surface area (Å²) in [4.78, 5) is 9.72. The van der Waals surface area contributed by atoms with E-state index in [0.717, 1.165) is 42.5 Å². The van der Waals surface area contributed by atoms with Crippen LogP contribution >= 0.6 is 0 Å². The van der Waals surface area contributed by atoms with Crippen LogP contribution in [-0.4, -0.2) is 4.92 Å². The van der Waals surface area contributed by atoms with Crippen molar-refractivity contribution in [2.24, 2.45) is 0 Å². The van der Waals surface area contributed by atoms with E-state index in [1.807, 2.05) is 0 Å². The molecule has 0 saturated heterocycles. The van der Waals surface area contributed by atoms with Gasteiger partial charge in [0.25, 0.3) is 5.69 Å². The summed E-state index contributed by atoms with van der Waals surface area (Å²) < 4.78 is 50.9. The van der Waals surface area contributed by atoms with E-state index >= 15 is 0 Å². The van der Waals surface area contributed by atoms with Crippen LogP contribution in [0.5, 0.6) is 0 Å². The Morgan fingerprint density at radius 2 is 1.60 bits per heavy atom. The number of hydrogen-bond donors (Lipinski definition) is 0. The van der Waals surface area contributed by atoms with E-state index in [1.165, 1.54) is 0 Å². The summed E-state index contributed by atoms with van der Waals surface area (Å²) in [5.41, 5.74) is -1.04. The highest BCUT2D eigenvalue weighted by molar-refractivity contribution is 5.66. The van der Waals surface area contributed by atoms with Gasteiger partial charge in [-0.1, -0.05) is 12.1 Å². The first-order chi connectivity index (χ1) is 9.29. The van der Waals surface area contributed by atoms with Crippen LogP contribution in [0.3, 0.4) is 0 Å². The average molecular weight is 285 g/mol. The maximum Gasteiger partial charge on any atom is 0.416 e. The van der Waals surface area contributed by atoms with Gasteiger partial charge >= 0.3 is 6.18 Å². The molecule has 0 saturated carbocycles. The Bertz CT molecular complexity index is 650. The summed E-state index contributed by atoms with van der Waals surface area (Å²) in [6, 6.07) is 6.88. The number of rotatable bonds is 2. The molecule has 0 aromatic heterocycles. The lowest BCUT2D eigenvalue weighted by molar-refractivity contribution is -0.385. The molecule has 2 aromatic rings. The van der Waals surface area contributed by atoms with Gasteiger partial charge in [-0.2, -0.15) is 13.2 Å². The van der Waals surface area contributed by atoms with E-state index in [9.17, 15) is 27.7 Å². The number of nitro benzene ring substituents is 1. The predicted octanol–water partition coefficient (Wildman–Crippen LogP) is 4.42. The molecule has 3 nitrogen and oxygen atoms in total. The molecule has 0 N–H and O–H groups in total. The standard InChI is InChI=1S/C13H7F4NO2/c14-12-7-10(18(19)20)5-6-11(12)8-1-3-9(4-2-8)13(15,16)17/h1-7H. The zero-order valence-corrected chi connectivity index (χ0v) is 9.82. The predicted molar refractivity (Wildman–Crippen MR) is 63.5 cm³/mol. The monoisotopic (exact) mass is 285 g/mol. The highest BCUT2D eigenvalue weighted by Gasteiger charge is 2.30. The smallest absolute Gasteiger partial charge is 0.258 e. The Labute approximate surface area is 110 Å². The Morgan fingerprint density at radius 1 is 1.00 bits per heavy atom. The van der Waals surface area contributed by atoms with Crippen molar-refractivity contribution >= 4 is 5.69 Å². The van der Waals surface area contributed by atoms with Crippen LogP contribution in [0.4, 0.5) is 23.2 Å². The van der Waals surface area contributed by atoms with Gasteiger partial charge in [0.2, 0.25) is 0 Å². The number of benzene rings is 2. The minimum Gasteiger partial charge on any atom is -0.258 e. The lowest BCUT2D eigenvalue weighted by Crippen LogP contribution is -2.04. The van der Waals surface area contributed by atoms with E-state index in [2.05, 4.69) is 0 Å². The van der Waals surface area contributed by atoms with Gasteiger partial charge in [-0.25, -0.2) is 4.39 Å². The van der Waals surface area contributed by atoms with Crippen LogP contribution in [0.1, 0.15) is 5.56 Å². The first-order valence-electron chi connectivity index (χ1n) is 5.40. The molecule has 0 radical (unpaired) electrons. The summed E-state index contributed by atoms with van der Waals surface area (Å²) in [7, 11) is 0. The summed E-state index contributed by atoms with van der Waals surface area (Å²) in [6.45, 7) is 0. The fourth-order valence-corrected chi connectivity index (χ4v) is 1.69. The molecule has 20 heavy (non-hydrogen) atoms.